The van der Waals surface area contributed by atoms with Gasteiger partial charge >= 0.3 is 5.97 Å². The largest absolute Gasteiger partial charge is 0.456 e. The van der Waals surface area contributed by atoms with Gasteiger partial charge in [-0.3, -0.25) is 9.59 Å². The molecule has 0 saturated heterocycles. The molecule has 0 bridgehead atoms. The third-order valence-corrected chi connectivity index (χ3v) is 5.65. The van der Waals surface area contributed by atoms with E-state index in [2.05, 4.69) is 4.72 Å². The van der Waals surface area contributed by atoms with Gasteiger partial charge < -0.3 is 4.74 Å². The maximum atomic E-state index is 12.3. The molecule has 144 valence electrons. The Labute approximate surface area is 163 Å². The van der Waals surface area contributed by atoms with Gasteiger partial charge in [-0.15, -0.1) is 0 Å². The third-order valence-electron chi connectivity index (χ3n) is 3.84. The molecule has 0 fully saturated rings. The number of esters is 1. The van der Waals surface area contributed by atoms with Crippen LogP contribution in [0.4, 0.5) is 0 Å². The lowest BCUT2D eigenvalue weighted by molar-refractivity contribution is -0.144. The molecular weight excluding hydrogens is 390 g/mol. The number of sulfonamides is 1. The van der Waals surface area contributed by atoms with Crippen molar-refractivity contribution in [2.24, 2.45) is 0 Å². The molecule has 2 aromatic rings. The minimum Gasteiger partial charge on any atom is -0.456 e. The fraction of sp³-hybridized carbons (Fsp3) is 0.263. The van der Waals surface area contributed by atoms with Crippen molar-refractivity contribution in [1.29, 1.82) is 0 Å². The number of benzene rings is 2. The molecule has 0 radical (unpaired) electrons. The van der Waals surface area contributed by atoms with E-state index in [1.165, 1.54) is 31.2 Å². The number of halogens is 1. The number of hydrogen-bond acceptors (Lipinski definition) is 5. The highest BCUT2D eigenvalue weighted by Gasteiger charge is 2.24. The van der Waals surface area contributed by atoms with Gasteiger partial charge in [-0.05, 0) is 50.6 Å². The van der Waals surface area contributed by atoms with Crippen LogP contribution in [0.25, 0.3) is 0 Å². The second-order valence-electron chi connectivity index (χ2n) is 6.15. The van der Waals surface area contributed by atoms with E-state index in [-0.39, 0.29) is 10.7 Å². The fourth-order valence-corrected chi connectivity index (χ4v) is 3.75. The lowest BCUT2D eigenvalue weighted by Gasteiger charge is -2.14. The average molecular weight is 410 g/mol. The van der Waals surface area contributed by atoms with Crippen LogP contribution in [0.5, 0.6) is 0 Å². The first kappa shape index (κ1) is 21.1. The molecule has 0 aliphatic rings. The summed E-state index contributed by atoms with van der Waals surface area (Å²) in [5.74, 6) is -1.20. The first-order chi connectivity index (χ1) is 12.6. The molecule has 0 aliphatic heterocycles. The van der Waals surface area contributed by atoms with E-state index in [1.54, 1.807) is 19.1 Å². The van der Waals surface area contributed by atoms with E-state index in [0.717, 1.165) is 11.1 Å². The Morgan fingerprint density at radius 3 is 2.33 bits per heavy atom. The number of aryl methyl sites for hydroxylation is 2. The molecule has 0 unspecified atom stereocenters. The summed E-state index contributed by atoms with van der Waals surface area (Å²) in [5, 5.41) is 0.395. The highest BCUT2D eigenvalue weighted by atomic mass is 35.5. The van der Waals surface area contributed by atoms with Gasteiger partial charge in [0.15, 0.2) is 6.61 Å². The Kier molecular flexibility index (Phi) is 6.75. The van der Waals surface area contributed by atoms with Gasteiger partial charge in [0.25, 0.3) is 0 Å². The number of carbonyl (C=O) groups is 2. The predicted molar refractivity (Wildman–Crippen MR) is 102 cm³/mol. The molecule has 0 saturated carbocycles. The lowest BCUT2D eigenvalue weighted by atomic mass is 10.0. The van der Waals surface area contributed by atoms with Crippen LogP contribution < -0.4 is 4.72 Å². The standard InChI is InChI=1S/C19H20ClNO5S/c1-12-4-9-17(13(2)10-12)18(22)11-26-19(23)14(3)21-27(24,25)16-7-5-15(20)6-8-16/h4-10,14,21H,11H2,1-3H3/t14-/m0/s1. The van der Waals surface area contributed by atoms with Crippen molar-refractivity contribution in [3.8, 4) is 0 Å². The second kappa shape index (κ2) is 8.65. The van der Waals surface area contributed by atoms with Gasteiger partial charge in [0.2, 0.25) is 15.8 Å². The molecule has 0 spiro atoms. The smallest absolute Gasteiger partial charge is 0.324 e. The first-order valence-electron chi connectivity index (χ1n) is 8.15. The van der Waals surface area contributed by atoms with Crippen LogP contribution in [0.2, 0.25) is 5.02 Å². The van der Waals surface area contributed by atoms with Crippen molar-refractivity contribution < 1.29 is 22.7 Å². The van der Waals surface area contributed by atoms with Crippen LogP contribution in [0, 0.1) is 13.8 Å². The number of ketones is 1. The second-order valence-corrected chi connectivity index (χ2v) is 8.30. The van der Waals surface area contributed by atoms with Crippen molar-refractivity contribution >= 4 is 33.4 Å². The third kappa shape index (κ3) is 5.63. The lowest BCUT2D eigenvalue weighted by Crippen LogP contribution is -2.40. The molecule has 8 heteroatoms. The van der Waals surface area contributed by atoms with Gasteiger partial charge in [-0.2, -0.15) is 4.72 Å². The number of Topliss-reactive ketones (excluding diaryl/α,β-unsaturated/α-hetero) is 1. The number of nitrogens with one attached hydrogen (secondary N) is 1. The van der Waals surface area contributed by atoms with Crippen LogP contribution in [0.3, 0.4) is 0 Å². The van der Waals surface area contributed by atoms with Gasteiger partial charge in [0.05, 0.1) is 4.90 Å². The van der Waals surface area contributed by atoms with Crippen molar-refractivity contribution in [3.63, 3.8) is 0 Å². The fourth-order valence-electron chi connectivity index (χ4n) is 2.43. The maximum Gasteiger partial charge on any atom is 0.324 e. The van der Waals surface area contributed by atoms with Crippen molar-refractivity contribution in [2.45, 2.75) is 31.7 Å². The van der Waals surface area contributed by atoms with Gasteiger partial charge in [-0.25, -0.2) is 8.42 Å². The monoisotopic (exact) mass is 409 g/mol. The molecule has 2 aromatic carbocycles. The topological polar surface area (TPSA) is 89.5 Å². The Morgan fingerprint density at radius 1 is 1.11 bits per heavy atom. The molecular formula is C19H20ClNO5S. The van der Waals surface area contributed by atoms with Crippen LogP contribution in [0.1, 0.15) is 28.4 Å². The Hall–Kier alpha value is -2.22. The number of rotatable bonds is 7. The molecule has 0 heterocycles. The van der Waals surface area contributed by atoms with E-state index >= 15 is 0 Å². The first-order valence-corrected chi connectivity index (χ1v) is 10.0. The molecule has 1 atom stereocenters. The molecule has 6 nitrogen and oxygen atoms in total. The van der Waals surface area contributed by atoms with Crippen LogP contribution >= 0.6 is 11.6 Å². The zero-order valence-corrected chi connectivity index (χ0v) is 16.7. The van der Waals surface area contributed by atoms with Crippen LogP contribution in [-0.4, -0.2) is 32.8 Å². The van der Waals surface area contributed by atoms with Crippen LogP contribution in [-0.2, 0) is 19.6 Å². The van der Waals surface area contributed by atoms with Gasteiger partial charge in [0, 0.05) is 10.6 Å². The van der Waals surface area contributed by atoms with Crippen LogP contribution in [0.15, 0.2) is 47.4 Å². The molecule has 2 rings (SSSR count). The highest BCUT2D eigenvalue weighted by Crippen LogP contribution is 2.15. The summed E-state index contributed by atoms with van der Waals surface area (Å²) in [4.78, 5) is 24.2. The summed E-state index contributed by atoms with van der Waals surface area (Å²) in [6, 6.07) is 9.69. The molecule has 0 aliphatic carbocycles. The number of carbonyl (C=O) groups excluding carboxylic acids is 2. The summed E-state index contributed by atoms with van der Waals surface area (Å²) in [7, 11) is -3.92. The van der Waals surface area contributed by atoms with Crippen molar-refractivity contribution in [3.05, 3.63) is 64.2 Å². The minimum atomic E-state index is -3.92. The van der Waals surface area contributed by atoms with Gasteiger partial charge in [-0.1, -0.05) is 35.4 Å². The van der Waals surface area contributed by atoms with Crippen molar-refractivity contribution in [1.82, 2.24) is 4.72 Å². The average Bonchev–Trinajstić information content (AvgIpc) is 2.59. The zero-order valence-electron chi connectivity index (χ0n) is 15.2. The molecule has 0 amide bonds. The maximum absolute atomic E-state index is 12.3. The molecule has 0 aromatic heterocycles. The van der Waals surface area contributed by atoms with E-state index in [1.807, 2.05) is 13.0 Å². The molecule has 1 N–H and O–H groups in total. The normalized spacial score (nSPS) is 12.4. The summed E-state index contributed by atoms with van der Waals surface area (Å²) < 4.78 is 31.7. The Morgan fingerprint density at radius 2 is 1.74 bits per heavy atom. The van der Waals surface area contributed by atoms with E-state index < -0.39 is 28.6 Å². The van der Waals surface area contributed by atoms with Gasteiger partial charge in [0.1, 0.15) is 6.04 Å². The quantitative estimate of drug-likeness (QED) is 0.560. The van der Waals surface area contributed by atoms with E-state index in [9.17, 15) is 18.0 Å². The summed E-state index contributed by atoms with van der Waals surface area (Å²) in [6.07, 6.45) is 0. The molecule has 27 heavy (non-hydrogen) atoms. The minimum absolute atomic E-state index is 0.0297. The summed E-state index contributed by atoms with van der Waals surface area (Å²) >= 11 is 5.74. The highest BCUT2D eigenvalue weighted by molar-refractivity contribution is 7.89. The number of hydrogen-bond donors (Lipinski definition) is 1. The zero-order chi connectivity index (χ0) is 20.2. The summed E-state index contributed by atoms with van der Waals surface area (Å²) in [6.45, 7) is 4.59. The van der Waals surface area contributed by atoms with E-state index in [0.29, 0.717) is 10.6 Å². The SMILES string of the molecule is Cc1ccc(C(=O)COC(=O)[C@H](C)NS(=O)(=O)c2ccc(Cl)cc2)c(C)c1. The number of ether oxygens (including phenoxy) is 1. The Bertz CT molecular complexity index is 955. The summed E-state index contributed by atoms with van der Waals surface area (Å²) in [5.41, 5.74) is 2.27. The van der Waals surface area contributed by atoms with E-state index in [4.69, 9.17) is 16.3 Å². The predicted octanol–water partition coefficient (Wildman–Crippen LogP) is 3.05. The Balaban J connectivity index is 1.97. The van der Waals surface area contributed by atoms with Crippen molar-refractivity contribution in [2.75, 3.05) is 6.61 Å².